The highest BCUT2D eigenvalue weighted by atomic mass is 16.5. The van der Waals surface area contributed by atoms with Crippen LogP contribution in [-0.2, 0) is 0 Å². The molecule has 4 nitrogen and oxygen atoms in total. The van der Waals surface area contributed by atoms with E-state index < -0.39 is 0 Å². The molecular weight excluding hydrogens is 430 g/mol. The van der Waals surface area contributed by atoms with E-state index in [1.807, 2.05) is 6.07 Å². The predicted molar refractivity (Wildman–Crippen MR) is 149 cm³/mol. The third-order valence-corrected chi connectivity index (χ3v) is 6.75. The maximum Gasteiger partial charge on any atom is 0.123 e. The summed E-state index contributed by atoms with van der Waals surface area (Å²) in [4.78, 5) is 5.14. The largest absolute Gasteiger partial charge is 0.496 e. The average Bonchev–Trinajstić information content (AvgIpc) is 2.92. The lowest BCUT2D eigenvalue weighted by Gasteiger charge is -2.33. The molecule has 1 saturated heterocycles. The zero-order valence-electron chi connectivity index (χ0n) is 20.5. The number of ether oxygens (including phenoxy) is 1. The first kappa shape index (κ1) is 26.7. The summed E-state index contributed by atoms with van der Waals surface area (Å²) in [6.07, 6.45) is 2.40. The zero-order valence-corrected chi connectivity index (χ0v) is 20.5. The molecule has 0 aliphatic carbocycles. The summed E-state index contributed by atoms with van der Waals surface area (Å²) in [5, 5.41) is 3.46. The third kappa shape index (κ3) is 7.28. The van der Waals surface area contributed by atoms with Crippen LogP contribution in [0.2, 0.25) is 0 Å². The van der Waals surface area contributed by atoms with Gasteiger partial charge in [-0.05, 0) is 29.7 Å². The Bertz CT molecular complexity index is 988. The highest BCUT2D eigenvalue weighted by Crippen LogP contribution is 2.30. The van der Waals surface area contributed by atoms with Gasteiger partial charge in [0, 0.05) is 57.4 Å². The lowest BCUT2D eigenvalue weighted by Crippen LogP contribution is -2.46. The molecule has 4 rings (SSSR count). The van der Waals surface area contributed by atoms with Crippen molar-refractivity contribution >= 4 is 5.57 Å². The van der Waals surface area contributed by atoms with Crippen molar-refractivity contribution in [2.75, 3.05) is 52.9 Å². The third-order valence-electron chi connectivity index (χ3n) is 6.75. The van der Waals surface area contributed by atoms with Gasteiger partial charge in [-0.15, -0.1) is 0 Å². The van der Waals surface area contributed by atoms with Gasteiger partial charge < -0.3 is 10.1 Å². The summed E-state index contributed by atoms with van der Waals surface area (Å²) in [5.41, 5.74) is 5.02. The van der Waals surface area contributed by atoms with Crippen LogP contribution in [0.1, 0.15) is 37.1 Å². The molecule has 3 aromatic carbocycles. The molecule has 35 heavy (non-hydrogen) atoms. The maximum atomic E-state index is 5.71. The summed E-state index contributed by atoms with van der Waals surface area (Å²) >= 11 is 0. The van der Waals surface area contributed by atoms with E-state index in [4.69, 9.17) is 4.74 Å². The van der Waals surface area contributed by atoms with E-state index in [-0.39, 0.29) is 13.5 Å². The number of benzene rings is 3. The Balaban J connectivity index is 0.00000342. The van der Waals surface area contributed by atoms with Gasteiger partial charge in [-0.2, -0.15) is 0 Å². The van der Waals surface area contributed by atoms with Crippen LogP contribution in [0.15, 0.2) is 91.0 Å². The second-order valence-electron chi connectivity index (χ2n) is 8.85. The molecule has 0 amide bonds. The van der Waals surface area contributed by atoms with Gasteiger partial charge in [-0.3, -0.25) is 9.80 Å². The predicted octanol–water partition coefficient (Wildman–Crippen LogP) is 5.73. The summed E-state index contributed by atoms with van der Waals surface area (Å²) in [7, 11) is 1.76. The van der Waals surface area contributed by atoms with Gasteiger partial charge in [-0.25, -0.2) is 0 Å². The van der Waals surface area contributed by atoms with Crippen LogP contribution in [0.3, 0.4) is 0 Å². The lowest BCUT2D eigenvalue weighted by atomic mass is 9.97. The Morgan fingerprint density at radius 1 is 0.914 bits per heavy atom. The minimum absolute atomic E-state index is 0. The van der Waals surface area contributed by atoms with Crippen LogP contribution in [0, 0.1) is 0 Å². The van der Waals surface area contributed by atoms with Gasteiger partial charge in [0.1, 0.15) is 5.75 Å². The van der Waals surface area contributed by atoms with E-state index in [1.54, 1.807) is 7.11 Å². The number of nitrogens with zero attached hydrogens (tertiary/aromatic N) is 2. The van der Waals surface area contributed by atoms with Crippen LogP contribution < -0.4 is 10.1 Å². The highest BCUT2D eigenvalue weighted by molar-refractivity contribution is 5.79. The van der Waals surface area contributed by atoms with Gasteiger partial charge >= 0.3 is 0 Å². The number of hydrogen-bond donors (Lipinski definition) is 1. The molecule has 1 aliphatic rings. The van der Waals surface area contributed by atoms with Gasteiger partial charge in [0.05, 0.1) is 7.11 Å². The first-order valence-electron chi connectivity index (χ1n) is 12.4. The Morgan fingerprint density at radius 2 is 1.49 bits per heavy atom. The summed E-state index contributed by atoms with van der Waals surface area (Å²) in [6, 6.07) is 30.1. The fourth-order valence-corrected chi connectivity index (χ4v) is 4.70. The van der Waals surface area contributed by atoms with E-state index >= 15 is 0 Å². The minimum atomic E-state index is 0. The highest BCUT2D eigenvalue weighted by Gasteiger charge is 2.20. The van der Waals surface area contributed by atoms with Gasteiger partial charge in [0.15, 0.2) is 0 Å². The molecule has 1 N–H and O–H groups in total. The van der Waals surface area contributed by atoms with Gasteiger partial charge in [-0.1, -0.05) is 92.4 Å². The smallest absolute Gasteiger partial charge is 0.123 e. The molecule has 1 aliphatic heterocycles. The van der Waals surface area contributed by atoms with Crippen molar-refractivity contribution in [3.05, 3.63) is 108 Å². The molecule has 0 aromatic heterocycles. The van der Waals surface area contributed by atoms with Crippen molar-refractivity contribution in [1.29, 1.82) is 0 Å². The van der Waals surface area contributed by atoms with Crippen molar-refractivity contribution < 1.29 is 4.74 Å². The van der Waals surface area contributed by atoms with Crippen LogP contribution in [-0.4, -0.2) is 62.7 Å². The normalized spacial score (nSPS) is 14.7. The number of nitrogens with one attached hydrogen (secondary N) is 1. The molecule has 0 radical (unpaired) electrons. The number of para-hydroxylation sites is 1. The first-order valence-corrected chi connectivity index (χ1v) is 12.4. The molecule has 1 heterocycles. The van der Waals surface area contributed by atoms with Crippen molar-refractivity contribution in [3.8, 4) is 5.75 Å². The molecule has 0 bridgehead atoms. The van der Waals surface area contributed by atoms with E-state index in [0.29, 0.717) is 0 Å². The molecule has 1 fully saturated rings. The quantitative estimate of drug-likeness (QED) is 0.409. The molecule has 0 saturated carbocycles. The van der Waals surface area contributed by atoms with Crippen LogP contribution in [0.4, 0.5) is 0 Å². The van der Waals surface area contributed by atoms with Gasteiger partial charge in [0.2, 0.25) is 0 Å². The fraction of sp³-hybridized carbons (Fsp3) is 0.355. The number of piperazine rings is 1. The van der Waals surface area contributed by atoms with Crippen LogP contribution >= 0.6 is 0 Å². The molecule has 3 aromatic rings. The molecule has 4 heteroatoms. The molecule has 0 spiro atoms. The standard InChI is InChI=1S/C30H37N3O.CH4/c1-25(28-15-9-10-16-30(28)34-2)33(24-23-32-21-18-31-19-22-32)20-17-29(26-11-5-3-6-12-26)27-13-7-4-8-14-27;/h3-17,25,31H,18-24H2,1-2H3;1H4/t25-;/m1./s1. The number of rotatable bonds is 10. The Labute approximate surface area is 212 Å². The fourth-order valence-electron chi connectivity index (χ4n) is 4.70. The lowest BCUT2D eigenvalue weighted by molar-refractivity contribution is 0.169. The first-order chi connectivity index (χ1) is 16.8. The molecular formula is C31H41N3O. The summed E-state index contributed by atoms with van der Waals surface area (Å²) in [6.45, 7) is 9.63. The summed E-state index contributed by atoms with van der Waals surface area (Å²) < 4.78 is 5.71. The van der Waals surface area contributed by atoms with Crippen molar-refractivity contribution in [1.82, 2.24) is 15.1 Å². The van der Waals surface area contributed by atoms with E-state index in [9.17, 15) is 0 Å². The van der Waals surface area contributed by atoms with E-state index in [2.05, 4.69) is 107 Å². The Hall–Kier alpha value is -2.92. The van der Waals surface area contributed by atoms with Gasteiger partial charge in [0.25, 0.3) is 0 Å². The molecule has 186 valence electrons. The molecule has 1 atom stereocenters. The maximum absolute atomic E-state index is 5.71. The van der Waals surface area contributed by atoms with Crippen molar-refractivity contribution in [2.24, 2.45) is 0 Å². The summed E-state index contributed by atoms with van der Waals surface area (Å²) in [5.74, 6) is 0.956. The number of hydrogen-bond acceptors (Lipinski definition) is 4. The minimum Gasteiger partial charge on any atom is -0.496 e. The monoisotopic (exact) mass is 471 g/mol. The van der Waals surface area contributed by atoms with E-state index in [1.165, 1.54) is 22.3 Å². The average molecular weight is 472 g/mol. The Morgan fingerprint density at radius 3 is 2.09 bits per heavy atom. The van der Waals surface area contributed by atoms with Crippen LogP contribution in [0.25, 0.3) is 5.57 Å². The molecule has 0 unspecified atom stereocenters. The second-order valence-corrected chi connectivity index (χ2v) is 8.85. The van der Waals surface area contributed by atoms with Crippen molar-refractivity contribution in [2.45, 2.75) is 20.4 Å². The zero-order chi connectivity index (χ0) is 23.6. The topological polar surface area (TPSA) is 27.7 Å². The Kier molecular flexibility index (Phi) is 10.5. The second kappa shape index (κ2) is 13.8. The SMILES string of the molecule is C.COc1ccccc1[C@@H](C)N(CC=C(c1ccccc1)c1ccccc1)CCN1CCNCC1. The van der Waals surface area contributed by atoms with E-state index in [0.717, 1.165) is 51.6 Å². The van der Waals surface area contributed by atoms with Crippen molar-refractivity contribution in [3.63, 3.8) is 0 Å². The van der Waals surface area contributed by atoms with Crippen LogP contribution in [0.5, 0.6) is 5.75 Å². The number of methoxy groups -OCH3 is 1.